The summed E-state index contributed by atoms with van der Waals surface area (Å²) >= 11 is 0. The summed E-state index contributed by atoms with van der Waals surface area (Å²) in [5.74, 6) is 2.65. The fourth-order valence-electron chi connectivity index (χ4n) is 7.35. The van der Waals surface area contributed by atoms with Crippen molar-refractivity contribution in [1.29, 1.82) is 0 Å². The highest BCUT2D eigenvalue weighted by Crippen LogP contribution is 2.60. The predicted octanol–water partition coefficient (Wildman–Crippen LogP) is 4.56. The lowest BCUT2D eigenvalue weighted by Crippen LogP contribution is -2.55. The second kappa shape index (κ2) is 6.04. The molecule has 0 unspecified atom stereocenters. The van der Waals surface area contributed by atoms with Gasteiger partial charge in [0.15, 0.2) is 0 Å². The van der Waals surface area contributed by atoms with Crippen LogP contribution in [-0.2, 0) is 4.79 Å². The fourth-order valence-corrected chi connectivity index (χ4v) is 7.35. The van der Waals surface area contributed by atoms with Gasteiger partial charge in [-0.15, -0.1) is 0 Å². The van der Waals surface area contributed by atoms with Crippen molar-refractivity contribution in [3.8, 4) is 0 Å². The highest BCUT2D eigenvalue weighted by Gasteiger charge is 2.55. The SMILES string of the molecule is O=C(N1CCC(n2cnc3cc(F)ccc32)CC1)C12CC3CC(CC(C3)C1)C2. The Hall–Kier alpha value is -1.91. The number of fused-ring (bicyclic) bond motifs is 1. The molecule has 1 saturated heterocycles. The Balaban J connectivity index is 1.18. The first-order valence-corrected chi connectivity index (χ1v) is 11.0. The zero-order chi connectivity index (χ0) is 18.9. The molecular weight excluding hydrogens is 353 g/mol. The minimum Gasteiger partial charge on any atom is -0.342 e. The molecular formula is C23H28FN3O. The van der Waals surface area contributed by atoms with Gasteiger partial charge >= 0.3 is 0 Å². The third-order valence-corrected chi connectivity index (χ3v) is 8.17. The second-order valence-corrected chi connectivity index (χ2v) is 10.0. The van der Waals surface area contributed by atoms with Crippen LogP contribution >= 0.6 is 0 Å². The van der Waals surface area contributed by atoms with E-state index < -0.39 is 0 Å². The fraction of sp³-hybridized carbons (Fsp3) is 0.652. The molecule has 4 saturated carbocycles. The topological polar surface area (TPSA) is 38.1 Å². The van der Waals surface area contributed by atoms with Gasteiger partial charge < -0.3 is 9.47 Å². The molecule has 4 nitrogen and oxygen atoms in total. The van der Waals surface area contributed by atoms with E-state index in [1.54, 1.807) is 0 Å². The number of halogens is 1. The van der Waals surface area contributed by atoms with Gasteiger partial charge in [0.1, 0.15) is 5.82 Å². The molecule has 0 N–H and O–H groups in total. The van der Waals surface area contributed by atoms with E-state index >= 15 is 0 Å². The monoisotopic (exact) mass is 381 g/mol. The molecule has 2 heterocycles. The molecule has 4 bridgehead atoms. The van der Waals surface area contributed by atoms with Gasteiger partial charge in [-0.05, 0) is 81.3 Å². The van der Waals surface area contributed by atoms with Crippen molar-refractivity contribution in [2.45, 2.75) is 57.4 Å². The maximum absolute atomic E-state index is 13.6. The number of nitrogens with zero attached hydrogens (tertiary/aromatic N) is 3. The summed E-state index contributed by atoms with van der Waals surface area (Å²) in [7, 11) is 0. The zero-order valence-corrected chi connectivity index (χ0v) is 16.3. The number of carbonyl (C=O) groups excluding carboxylic acids is 1. The predicted molar refractivity (Wildman–Crippen MR) is 105 cm³/mol. The maximum Gasteiger partial charge on any atom is 0.228 e. The number of hydrogen-bond donors (Lipinski definition) is 0. The normalized spacial score (nSPS) is 35.0. The lowest BCUT2D eigenvalue weighted by molar-refractivity contribution is -0.159. The molecule has 1 aliphatic heterocycles. The molecule has 5 aliphatic rings. The molecule has 1 amide bonds. The number of imidazole rings is 1. The van der Waals surface area contributed by atoms with Gasteiger partial charge in [0.2, 0.25) is 5.91 Å². The van der Waals surface area contributed by atoms with Crippen LogP contribution in [0.1, 0.15) is 57.4 Å². The third-order valence-electron chi connectivity index (χ3n) is 8.17. The van der Waals surface area contributed by atoms with Crippen molar-refractivity contribution < 1.29 is 9.18 Å². The number of benzene rings is 1. The Bertz CT molecular complexity index is 892. The Morgan fingerprint density at radius 3 is 2.32 bits per heavy atom. The molecule has 7 rings (SSSR count). The minimum atomic E-state index is -0.242. The average molecular weight is 381 g/mol. The van der Waals surface area contributed by atoms with Gasteiger partial charge in [-0.1, -0.05) is 0 Å². The van der Waals surface area contributed by atoms with Gasteiger partial charge in [-0.25, -0.2) is 9.37 Å². The summed E-state index contributed by atoms with van der Waals surface area (Å²) < 4.78 is 15.6. The Kier molecular flexibility index (Phi) is 3.67. The van der Waals surface area contributed by atoms with E-state index in [1.807, 2.05) is 12.4 Å². The molecule has 0 spiro atoms. The largest absolute Gasteiger partial charge is 0.342 e. The molecule has 5 heteroatoms. The van der Waals surface area contributed by atoms with Crippen molar-refractivity contribution in [2.24, 2.45) is 23.2 Å². The number of aromatic nitrogens is 2. The average Bonchev–Trinajstić information content (AvgIpc) is 3.09. The minimum absolute atomic E-state index is 0.0270. The first kappa shape index (κ1) is 17.0. The first-order chi connectivity index (χ1) is 13.6. The second-order valence-electron chi connectivity index (χ2n) is 10.0. The van der Waals surface area contributed by atoms with E-state index in [0.717, 1.165) is 68.5 Å². The van der Waals surface area contributed by atoms with E-state index in [1.165, 1.54) is 31.4 Å². The molecule has 4 aliphatic carbocycles. The van der Waals surface area contributed by atoms with Gasteiger partial charge in [0.05, 0.1) is 22.8 Å². The highest BCUT2D eigenvalue weighted by molar-refractivity contribution is 5.83. The molecule has 5 fully saturated rings. The van der Waals surface area contributed by atoms with Gasteiger partial charge in [0, 0.05) is 25.2 Å². The van der Waals surface area contributed by atoms with Gasteiger partial charge in [-0.2, -0.15) is 0 Å². The molecule has 0 radical (unpaired) electrons. The van der Waals surface area contributed by atoms with Crippen LogP contribution in [0.3, 0.4) is 0 Å². The Labute approximate surface area is 165 Å². The molecule has 28 heavy (non-hydrogen) atoms. The van der Waals surface area contributed by atoms with Gasteiger partial charge in [0.25, 0.3) is 0 Å². The lowest BCUT2D eigenvalue weighted by atomic mass is 9.49. The summed E-state index contributed by atoms with van der Waals surface area (Å²) in [5.41, 5.74) is 1.68. The van der Waals surface area contributed by atoms with Crippen LogP contribution in [0.4, 0.5) is 4.39 Å². The van der Waals surface area contributed by atoms with Crippen LogP contribution < -0.4 is 0 Å². The van der Waals surface area contributed by atoms with Crippen LogP contribution in [0.2, 0.25) is 0 Å². The summed E-state index contributed by atoms with van der Waals surface area (Å²) in [6.45, 7) is 1.68. The van der Waals surface area contributed by atoms with E-state index in [4.69, 9.17) is 0 Å². The quantitative estimate of drug-likeness (QED) is 0.765. The van der Waals surface area contributed by atoms with E-state index in [9.17, 15) is 9.18 Å². The van der Waals surface area contributed by atoms with Crippen LogP contribution in [0.25, 0.3) is 11.0 Å². The summed E-state index contributed by atoms with van der Waals surface area (Å²) in [4.78, 5) is 20.1. The number of amides is 1. The Morgan fingerprint density at radius 1 is 1.04 bits per heavy atom. The van der Waals surface area contributed by atoms with Gasteiger partial charge in [-0.3, -0.25) is 4.79 Å². The zero-order valence-electron chi connectivity index (χ0n) is 16.3. The number of likely N-dealkylation sites (tertiary alicyclic amines) is 1. The van der Waals surface area contributed by atoms with E-state index in [2.05, 4.69) is 14.5 Å². The van der Waals surface area contributed by atoms with Crippen LogP contribution in [0, 0.1) is 29.0 Å². The highest BCUT2D eigenvalue weighted by atomic mass is 19.1. The molecule has 2 aromatic rings. The molecule has 0 atom stereocenters. The van der Waals surface area contributed by atoms with Crippen molar-refractivity contribution in [1.82, 2.24) is 14.5 Å². The number of hydrogen-bond acceptors (Lipinski definition) is 2. The third kappa shape index (κ3) is 2.54. The van der Waals surface area contributed by atoms with Crippen LogP contribution in [0.5, 0.6) is 0 Å². The standard InChI is InChI=1S/C23H28FN3O/c24-18-1-2-21-20(10-18)25-14-27(21)19-3-5-26(6-4-19)22(28)23-11-15-7-16(12-23)9-17(8-15)13-23/h1-2,10,14-17,19H,3-9,11-13H2. The summed E-state index contributed by atoms with van der Waals surface area (Å²) in [6.07, 6.45) is 11.3. The Morgan fingerprint density at radius 2 is 1.68 bits per heavy atom. The van der Waals surface area contributed by atoms with Crippen LogP contribution in [0.15, 0.2) is 24.5 Å². The van der Waals surface area contributed by atoms with Crippen molar-refractivity contribution in [2.75, 3.05) is 13.1 Å². The summed E-state index contributed by atoms with van der Waals surface area (Å²) in [6, 6.07) is 5.17. The molecule has 1 aromatic carbocycles. The van der Waals surface area contributed by atoms with E-state index in [-0.39, 0.29) is 11.2 Å². The summed E-state index contributed by atoms with van der Waals surface area (Å²) in [5, 5.41) is 0. The molecule has 148 valence electrons. The number of piperidine rings is 1. The van der Waals surface area contributed by atoms with Crippen LogP contribution in [-0.4, -0.2) is 33.4 Å². The van der Waals surface area contributed by atoms with E-state index in [0.29, 0.717) is 17.5 Å². The van der Waals surface area contributed by atoms with Crippen molar-refractivity contribution in [3.05, 3.63) is 30.3 Å². The lowest BCUT2D eigenvalue weighted by Gasteiger charge is -2.57. The smallest absolute Gasteiger partial charge is 0.228 e. The number of rotatable bonds is 2. The molecule has 1 aromatic heterocycles. The van der Waals surface area contributed by atoms with Crippen molar-refractivity contribution >= 4 is 16.9 Å². The maximum atomic E-state index is 13.6. The first-order valence-electron chi connectivity index (χ1n) is 11.0. The van der Waals surface area contributed by atoms with Crippen molar-refractivity contribution in [3.63, 3.8) is 0 Å². The number of carbonyl (C=O) groups is 1.